The van der Waals surface area contributed by atoms with Crippen molar-refractivity contribution in [3.05, 3.63) is 42.0 Å². The fraction of sp³-hybridized carbons (Fsp3) is 0.474. The number of nitrogens with zero attached hydrogens (tertiary/aromatic N) is 3. The minimum Gasteiger partial charge on any atom is -0.444 e. The summed E-state index contributed by atoms with van der Waals surface area (Å²) in [6, 6.07) is 10.1. The molecule has 0 aromatic heterocycles. The lowest BCUT2D eigenvalue weighted by Crippen LogP contribution is -2.53. The fourth-order valence-corrected chi connectivity index (χ4v) is 2.44. The van der Waals surface area contributed by atoms with Gasteiger partial charge in [-0.2, -0.15) is 0 Å². The molecule has 0 saturated carbocycles. The van der Waals surface area contributed by atoms with Crippen LogP contribution in [0.15, 0.2) is 41.4 Å². The van der Waals surface area contributed by atoms with Crippen LogP contribution >= 0.6 is 0 Å². The number of rotatable bonds is 3. The Bertz CT molecular complexity index is 612. The Morgan fingerprint density at radius 1 is 1.16 bits per heavy atom. The van der Waals surface area contributed by atoms with Crippen molar-refractivity contribution >= 4 is 18.1 Å². The van der Waals surface area contributed by atoms with Gasteiger partial charge >= 0.3 is 6.09 Å². The van der Waals surface area contributed by atoms with E-state index in [-0.39, 0.29) is 6.09 Å². The van der Waals surface area contributed by atoms with E-state index in [1.807, 2.05) is 68.2 Å². The quantitative estimate of drug-likeness (QED) is 0.676. The van der Waals surface area contributed by atoms with Crippen molar-refractivity contribution in [2.24, 2.45) is 10.7 Å². The predicted molar refractivity (Wildman–Crippen MR) is 101 cm³/mol. The number of ether oxygens (including phenoxy) is 1. The molecule has 0 bridgehead atoms. The highest BCUT2D eigenvalue weighted by atomic mass is 16.6. The first-order chi connectivity index (χ1) is 11.8. The second-order valence-corrected chi connectivity index (χ2v) is 6.97. The third-order valence-electron chi connectivity index (χ3n) is 3.72. The van der Waals surface area contributed by atoms with Crippen LogP contribution in [0, 0.1) is 0 Å². The molecular weight excluding hydrogens is 316 g/mol. The van der Waals surface area contributed by atoms with Gasteiger partial charge in [-0.25, -0.2) is 9.79 Å². The van der Waals surface area contributed by atoms with Crippen molar-refractivity contribution in [3.8, 4) is 0 Å². The van der Waals surface area contributed by atoms with Gasteiger partial charge in [0.1, 0.15) is 5.60 Å². The number of guanidine groups is 1. The second-order valence-electron chi connectivity index (χ2n) is 6.97. The predicted octanol–water partition coefficient (Wildman–Crippen LogP) is 2.57. The SMILES string of the molecule is CC(C)(C)OC(=O)N1CCN(C(N)=NCC=Cc2ccccc2)CC1. The Kier molecular flexibility index (Phi) is 6.44. The van der Waals surface area contributed by atoms with Crippen molar-refractivity contribution < 1.29 is 9.53 Å². The number of hydrogen-bond donors (Lipinski definition) is 1. The van der Waals surface area contributed by atoms with Crippen LogP contribution in [0.1, 0.15) is 26.3 Å². The van der Waals surface area contributed by atoms with Crippen LogP contribution < -0.4 is 5.73 Å². The van der Waals surface area contributed by atoms with Gasteiger partial charge in [0.2, 0.25) is 0 Å². The molecule has 1 heterocycles. The molecule has 1 amide bonds. The molecule has 1 aromatic rings. The van der Waals surface area contributed by atoms with Crippen molar-refractivity contribution in [2.45, 2.75) is 26.4 Å². The molecule has 136 valence electrons. The number of benzene rings is 1. The first-order valence-electron chi connectivity index (χ1n) is 8.59. The van der Waals surface area contributed by atoms with Crippen molar-refractivity contribution in [3.63, 3.8) is 0 Å². The fourth-order valence-electron chi connectivity index (χ4n) is 2.44. The Morgan fingerprint density at radius 2 is 1.76 bits per heavy atom. The van der Waals surface area contributed by atoms with Crippen molar-refractivity contribution in [1.82, 2.24) is 9.80 Å². The first-order valence-corrected chi connectivity index (χ1v) is 8.59. The smallest absolute Gasteiger partial charge is 0.410 e. The zero-order chi connectivity index (χ0) is 18.3. The molecule has 1 fully saturated rings. The van der Waals surface area contributed by atoms with E-state index in [2.05, 4.69) is 4.99 Å². The van der Waals surface area contributed by atoms with Crippen molar-refractivity contribution in [2.75, 3.05) is 32.7 Å². The summed E-state index contributed by atoms with van der Waals surface area (Å²) in [6.07, 6.45) is 3.74. The zero-order valence-electron chi connectivity index (χ0n) is 15.3. The summed E-state index contributed by atoms with van der Waals surface area (Å²) >= 11 is 0. The maximum absolute atomic E-state index is 12.1. The van der Waals surface area contributed by atoms with E-state index in [0.717, 1.165) is 5.56 Å². The Balaban J connectivity index is 1.77. The summed E-state index contributed by atoms with van der Waals surface area (Å²) in [5.74, 6) is 0.515. The minimum absolute atomic E-state index is 0.270. The summed E-state index contributed by atoms with van der Waals surface area (Å²) in [5, 5.41) is 0. The summed E-state index contributed by atoms with van der Waals surface area (Å²) in [7, 11) is 0. The Labute approximate surface area is 150 Å². The van der Waals surface area contributed by atoms with E-state index in [4.69, 9.17) is 10.5 Å². The average Bonchev–Trinajstić information content (AvgIpc) is 2.58. The normalized spacial score (nSPS) is 16.4. The lowest BCUT2D eigenvalue weighted by Gasteiger charge is -2.36. The molecule has 1 aliphatic rings. The lowest BCUT2D eigenvalue weighted by molar-refractivity contribution is 0.0186. The van der Waals surface area contributed by atoms with E-state index >= 15 is 0 Å². The van der Waals surface area contributed by atoms with Gasteiger partial charge in [0.25, 0.3) is 0 Å². The van der Waals surface area contributed by atoms with Crippen LogP contribution in [0.2, 0.25) is 0 Å². The summed E-state index contributed by atoms with van der Waals surface area (Å²) < 4.78 is 5.39. The Hall–Kier alpha value is -2.50. The standard InChI is InChI=1S/C19H28N4O2/c1-19(2,3)25-18(24)23-14-12-22(13-15-23)17(20)21-11-7-10-16-8-5-4-6-9-16/h4-10H,11-15H2,1-3H3,(H2,20,21). The number of carbonyl (C=O) groups is 1. The molecular formula is C19H28N4O2. The average molecular weight is 344 g/mol. The lowest BCUT2D eigenvalue weighted by atomic mass is 10.2. The van der Waals surface area contributed by atoms with Crippen LogP contribution in [-0.4, -0.2) is 60.2 Å². The molecule has 0 atom stereocenters. The molecule has 2 rings (SSSR count). The zero-order valence-corrected chi connectivity index (χ0v) is 15.3. The number of piperazine rings is 1. The topological polar surface area (TPSA) is 71.2 Å². The molecule has 0 radical (unpaired) electrons. The van der Waals surface area contributed by atoms with E-state index in [0.29, 0.717) is 38.7 Å². The van der Waals surface area contributed by atoms with Gasteiger partial charge < -0.3 is 20.3 Å². The summed E-state index contributed by atoms with van der Waals surface area (Å²) in [4.78, 5) is 20.2. The molecule has 0 spiro atoms. The molecule has 25 heavy (non-hydrogen) atoms. The number of hydrogen-bond acceptors (Lipinski definition) is 3. The molecule has 1 aliphatic heterocycles. The van der Waals surface area contributed by atoms with Gasteiger partial charge in [-0.15, -0.1) is 0 Å². The number of nitrogens with two attached hydrogens (primary N) is 1. The third kappa shape index (κ3) is 6.49. The maximum atomic E-state index is 12.1. The highest BCUT2D eigenvalue weighted by Gasteiger charge is 2.26. The largest absolute Gasteiger partial charge is 0.444 e. The van der Waals surface area contributed by atoms with Crippen LogP contribution in [-0.2, 0) is 4.74 Å². The highest BCUT2D eigenvalue weighted by molar-refractivity contribution is 5.78. The van der Waals surface area contributed by atoms with E-state index in [1.165, 1.54) is 0 Å². The molecule has 1 saturated heterocycles. The number of amides is 1. The number of carbonyl (C=O) groups excluding carboxylic acids is 1. The van der Waals surface area contributed by atoms with Crippen LogP contribution in [0.4, 0.5) is 4.79 Å². The number of aliphatic imine (C=N–C) groups is 1. The van der Waals surface area contributed by atoms with Gasteiger partial charge in [0, 0.05) is 26.2 Å². The van der Waals surface area contributed by atoms with Gasteiger partial charge in [0.05, 0.1) is 6.54 Å². The monoisotopic (exact) mass is 344 g/mol. The molecule has 6 nitrogen and oxygen atoms in total. The highest BCUT2D eigenvalue weighted by Crippen LogP contribution is 2.11. The van der Waals surface area contributed by atoms with E-state index in [1.54, 1.807) is 4.90 Å². The molecule has 2 N–H and O–H groups in total. The van der Waals surface area contributed by atoms with Crippen LogP contribution in [0.5, 0.6) is 0 Å². The first kappa shape index (κ1) is 18.8. The van der Waals surface area contributed by atoms with Crippen molar-refractivity contribution in [1.29, 1.82) is 0 Å². The Morgan fingerprint density at radius 3 is 2.36 bits per heavy atom. The molecule has 0 aliphatic carbocycles. The van der Waals surface area contributed by atoms with Gasteiger partial charge in [-0.1, -0.05) is 42.5 Å². The molecule has 6 heteroatoms. The van der Waals surface area contributed by atoms with Gasteiger partial charge in [0.15, 0.2) is 5.96 Å². The molecule has 1 aromatic carbocycles. The minimum atomic E-state index is -0.472. The maximum Gasteiger partial charge on any atom is 0.410 e. The third-order valence-corrected chi connectivity index (χ3v) is 3.72. The van der Waals surface area contributed by atoms with Crippen LogP contribution in [0.3, 0.4) is 0 Å². The van der Waals surface area contributed by atoms with Gasteiger partial charge in [-0.3, -0.25) is 0 Å². The van der Waals surface area contributed by atoms with E-state index in [9.17, 15) is 4.79 Å². The van der Waals surface area contributed by atoms with Crippen LogP contribution in [0.25, 0.3) is 6.08 Å². The van der Waals surface area contributed by atoms with Gasteiger partial charge in [-0.05, 0) is 26.3 Å². The summed E-state index contributed by atoms with van der Waals surface area (Å²) in [6.45, 7) is 8.65. The van der Waals surface area contributed by atoms with E-state index < -0.39 is 5.60 Å². The second kappa shape index (κ2) is 8.55. The summed E-state index contributed by atoms with van der Waals surface area (Å²) in [5.41, 5.74) is 6.73. The molecule has 0 unspecified atom stereocenters.